The van der Waals surface area contributed by atoms with E-state index in [0.717, 1.165) is 16.7 Å². The van der Waals surface area contributed by atoms with Gasteiger partial charge in [0.15, 0.2) is 5.78 Å². The van der Waals surface area contributed by atoms with Crippen molar-refractivity contribution in [2.45, 2.75) is 17.6 Å². The molecule has 0 unspecified atom stereocenters. The van der Waals surface area contributed by atoms with Gasteiger partial charge in [0, 0.05) is 16.2 Å². The number of phenolic OH excluding ortho intramolecular Hbond substituents is 1. The number of thioether (sulfide) groups is 1. The van der Waals surface area contributed by atoms with Crippen LogP contribution in [0.3, 0.4) is 0 Å². The van der Waals surface area contributed by atoms with Crippen molar-refractivity contribution in [3.8, 4) is 11.5 Å². The zero-order valence-electron chi connectivity index (χ0n) is 11.7. The molecule has 2 rings (SSSR count). The van der Waals surface area contributed by atoms with Gasteiger partial charge >= 0.3 is 0 Å². The minimum absolute atomic E-state index is 0.0142. The maximum absolute atomic E-state index is 13.5. The van der Waals surface area contributed by atoms with E-state index in [-0.39, 0.29) is 17.1 Å². The highest BCUT2D eigenvalue weighted by Gasteiger charge is 2.13. The van der Waals surface area contributed by atoms with Crippen molar-refractivity contribution in [1.82, 2.24) is 0 Å². The van der Waals surface area contributed by atoms with Crippen LogP contribution in [0.5, 0.6) is 11.5 Å². The van der Waals surface area contributed by atoms with Gasteiger partial charge in [-0.25, -0.2) is 4.39 Å². The summed E-state index contributed by atoms with van der Waals surface area (Å²) < 4.78 is 18.6. The summed E-state index contributed by atoms with van der Waals surface area (Å²) in [6, 6.07) is 9.72. The summed E-state index contributed by atoms with van der Waals surface area (Å²) in [5.41, 5.74) is 0.418. The molecule has 1 N–H and O–H groups in total. The predicted molar refractivity (Wildman–Crippen MR) is 80.6 cm³/mol. The molecule has 0 aliphatic carbocycles. The summed E-state index contributed by atoms with van der Waals surface area (Å²) in [5, 5.41) is 10.0. The summed E-state index contributed by atoms with van der Waals surface area (Å²) in [4.78, 5) is 12.3. The summed E-state index contributed by atoms with van der Waals surface area (Å²) in [7, 11) is 1.59. The molecule has 0 aliphatic rings. The lowest BCUT2D eigenvalue weighted by molar-refractivity contribution is 0.101. The topological polar surface area (TPSA) is 46.5 Å². The van der Waals surface area contributed by atoms with Crippen molar-refractivity contribution in [1.29, 1.82) is 0 Å². The molecule has 0 fully saturated rings. The molecule has 0 saturated carbocycles. The molecule has 0 amide bonds. The number of carbonyl (C=O) groups excluding carboxylic acids is 1. The number of methoxy groups -OCH3 is 1. The Morgan fingerprint density at radius 2 is 1.95 bits per heavy atom. The number of carbonyl (C=O) groups is 1. The molecular formula is C16H15FO3S. The van der Waals surface area contributed by atoms with E-state index in [1.807, 2.05) is 24.3 Å². The van der Waals surface area contributed by atoms with Gasteiger partial charge < -0.3 is 9.84 Å². The van der Waals surface area contributed by atoms with E-state index in [9.17, 15) is 14.3 Å². The summed E-state index contributed by atoms with van der Waals surface area (Å²) in [6.07, 6.45) is 0. The molecule has 0 aromatic heterocycles. The molecule has 0 atom stereocenters. The Balaban J connectivity index is 2.17. The monoisotopic (exact) mass is 306 g/mol. The van der Waals surface area contributed by atoms with E-state index in [1.54, 1.807) is 7.11 Å². The highest BCUT2D eigenvalue weighted by atomic mass is 32.2. The summed E-state index contributed by atoms with van der Waals surface area (Å²) >= 11 is 1.44. The standard InChI is InChI=1S/C16H15FO3S/c1-10(18)15-8-12(17)7-11(16(15)19)9-21-14-5-3-13(20-2)4-6-14/h3-8,19H,9H2,1-2H3. The molecule has 2 aromatic carbocycles. The maximum atomic E-state index is 13.5. The molecule has 5 heteroatoms. The zero-order valence-corrected chi connectivity index (χ0v) is 12.5. The fourth-order valence-electron chi connectivity index (χ4n) is 1.87. The van der Waals surface area contributed by atoms with Crippen LogP contribution in [0.25, 0.3) is 0 Å². The van der Waals surface area contributed by atoms with Crippen LogP contribution in [-0.4, -0.2) is 18.0 Å². The van der Waals surface area contributed by atoms with E-state index < -0.39 is 5.82 Å². The third kappa shape index (κ3) is 3.76. The number of ketones is 1. The first-order valence-electron chi connectivity index (χ1n) is 6.30. The average molecular weight is 306 g/mol. The number of hydrogen-bond donors (Lipinski definition) is 1. The molecule has 3 nitrogen and oxygen atoms in total. The highest BCUT2D eigenvalue weighted by molar-refractivity contribution is 7.98. The first-order chi connectivity index (χ1) is 10.0. The van der Waals surface area contributed by atoms with Crippen molar-refractivity contribution in [2.75, 3.05) is 7.11 Å². The lowest BCUT2D eigenvalue weighted by atomic mass is 10.1. The number of phenols is 1. The highest BCUT2D eigenvalue weighted by Crippen LogP contribution is 2.31. The molecule has 110 valence electrons. The molecule has 2 aromatic rings. The summed E-state index contributed by atoms with van der Waals surface area (Å²) in [5.74, 6) is 0.0960. The third-order valence-electron chi connectivity index (χ3n) is 2.99. The minimum atomic E-state index is -0.525. The SMILES string of the molecule is COc1ccc(SCc2cc(F)cc(C(C)=O)c2O)cc1. The maximum Gasteiger partial charge on any atom is 0.163 e. The Kier molecular flexibility index (Phi) is 4.85. The van der Waals surface area contributed by atoms with Gasteiger partial charge in [-0.1, -0.05) is 0 Å². The Morgan fingerprint density at radius 3 is 2.52 bits per heavy atom. The van der Waals surface area contributed by atoms with E-state index in [4.69, 9.17) is 4.74 Å². The van der Waals surface area contributed by atoms with Gasteiger partial charge in [0.25, 0.3) is 0 Å². The summed E-state index contributed by atoms with van der Waals surface area (Å²) in [6.45, 7) is 1.30. The molecule has 0 spiro atoms. The van der Waals surface area contributed by atoms with Gasteiger partial charge in [-0.15, -0.1) is 11.8 Å². The van der Waals surface area contributed by atoms with Gasteiger partial charge in [-0.3, -0.25) is 4.79 Å². The Labute approximate surface area is 126 Å². The molecule has 0 saturated heterocycles. The van der Waals surface area contributed by atoms with Crippen LogP contribution in [0.2, 0.25) is 0 Å². The van der Waals surface area contributed by atoms with Crippen molar-refractivity contribution in [2.24, 2.45) is 0 Å². The van der Waals surface area contributed by atoms with Gasteiger partial charge in [-0.05, 0) is 43.3 Å². The molecule has 0 radical (unpaired) electrons. The molecule has 0 bridgehead atoms. The molecule has 21 heavy (non-hydrogen) atoms. The lowest BCUT2D eigenvalue weighted by Gasteiger charge is -2.09. The zero-order chi connectivity index (χ0) is 15.4. The lowest BCUT2D eigenvalue weighted by Crippen LogP contribution is -1.97. The van der Waals surface area contributed by atoms with Crippen molar-refractivity contribution >= 4 is 17.5 Å². The second kappa shape index (κ2) is 6.63. The van der Waals surface area contributed by atoms with Gasteiger partial charge in [0.05, 0.1) is 12.7 Å². The second-order valence-electron chi connectivity index (χ2n) is 4.48. The number of aromatic hydroxyl groups is 1. The van der Waals surface area contributed by atoms with Gasteiger partial charge in [0.1, 0.15) is 17.3 Å². The van der Waals surface area contributed by atoms with E-state index in [2.05, 4.69) is 0 Å². The van der Waals surface area contributed by atoms with Gasteiger partial charge in [-0.2, -0.15) is 0 Å². The number of ether oxygens (including phenoxy) is 1. The first-order valence-corrected chi connectivity index (χ1v) is 7.29. The van der Waals surface area contributed by atoms with E-state index >= 15 is 0 Å². The fraction of sp³-hybridized carbons (Fsp3) is 0.188. The largest absolute Gasteiger partial charge is 0.507 e. The normalized spacial score (nSPS) is 10.4. The Morgan fingerprint density at radius 1 is 1.29 bits per heavy atom. The van der Waals surface area contributed by atoms with Crippen LogP contribution in [0.4, 0.5) is 4.39 Å². The number of hydrogen-bond acceptors (Lipinski definition) is 4. The second-order valence-corrected chi connectivity index (χ2v) is 5.53. The quantitative estimate of drug-likeness (QED) is 0.669. The van der Waals surface area contributed by atoms with Crippen LogP contribution < -0.4 is 4.74 Å². The third-order valence-corrected chi connectivity index (χ3v) is 4.05. The van der Waals surface area contributed by atoms with Crippen LogP contribution in [0.1, 0.15) is 22.8 Å². The van der Waals surface area contributed by atoms with E-state index in [1.165, 1.54) is 24.8 Å². The smallest absolute Gasteiger partial charge is 0.163 e. The Hall–Kier alpha value is -2.01. The van der Waals surface area contributed by atoms with Gasteiger partial charge in [0.2, 0.25) is 0 Å². The fourth-order valence-corrected chi connectivity index (χ4v) is 2.74. The van der Waals surface area contributed by atoms with Crippen LogP contribution in [-0.2, 0) is 5.75 Å². The number of rotatable bonds is 5. The van der Waals surface area contributed by atoms with E-state index in [0.29, 0.717) is 11.3 Å². The molecule has 0 heterocycles. The van der Waals surface area contributed by atoms with Crippen molar-refractivity contribution in [3.05, 3.63) is 53.3 Å². The van der Waals surface area contributed by atoms with Crippen molar-refractivity contribution < 1.29 is 19.0 Å². The van der Waals surface area contributed by atoms with Crippen LogP contribution in [0.15, 0.2) is 41.3 Å². The Bertz CT molecular complexity index is 653. The minimum Gasteiger partial charge on any atom is -0.507 e. The molecular weight excluding hydrogens is 291 g/mol. The van der Waals surface area contributed by atoms with Crippen molar-refractivity contribution in [3.63, 3.8) is 0 Å². The molecule has 0 aliphatic heterocycles. The average Bonchev–Trinajstić information content (AvgIpc) is 2.48. The first kappa shape index (κ1) is 15.4. The predicted octanol–water partition coefficient (Wildman–Crippen LogP) is 4.03. The number of Topliss-reactive ketones (excluding diaryl/α,β-unsaturated/α-hetero) is 1. The number of benzene rings is 2. The van der Waals surface area contributed by atoms with Crippen LogP contribution >= 0.6 is 11.8 Å². The number of halogens is 1. The van der Waals surface area contributed by atoms with Crippen LogP contribution in [0, 0.1) is 5.82 Å².